The molecular formula is C12H14Cl3NO2. The Kier molecular flexibility index (Phi) is 4.75. The number of hydrogen-bond acceptors (Lipinski definition) is 3. The summed E-state index contributed by atoms with van der Waals surface area (Å²) in [5.41, 5.74) is -0.0503. The summed E-state index contributed by atoms with van der Waals surface area (Å²) >= 11 is 18.1. The first-order valence-corrected chi connectivity index (χ1v) is 6.78. The molecule has 0 bridgehead atoms. The second-order valence-corrected chi connectivity index (χ2v) is 5.64. The van der Waals surface area contributed by atoms with Gasteiger partial charge in [-0.15, -0.1) is 0 Å². The van der Waals surface area contributed by atoms with Crippen molar-refractivity contribution in [2.75, 3.05) is 19.8 Å². The van der Waals surface area contributed by atoms with Crippen LogP contribution in [0.2, 0.25) is 15.1 Å². The van der Waals surface area contributed by atoms with E-state index in [1.165, 1.54) is 0 Å². The van der Waals surface area contributed by atoms with E-state index in [2.05, 4.69) is 5.32 Å². The largest absolute Gasteiger partial charge is 0.386 e. The molecule has 1 aromatic rings. The van der Waals surface area contributed by atoms with Crippen LogP contribution in [-0.4, -0.2) is 30.5 Å². The van der Waals surface area contributed by atoms with Gasteiger partial charge < -0.3 is 15.2 Å². The number of halogens is 3. The van der Waals surface area contributed by atoms with Gasteiger partial charge in [-0.1, -0.05) is 34.8 Å². The quantitative estimate of drug-likeness (QED) is 0.840. The van der Waals surface area contributed by atoms with Gasteiger partial charge in [0.05, 0.1) is 16.7 Å². The van der Waals surface area contributed by atoms with Gasteiger partial charge in [0.1, 0.15) is 5.60 Å². The zero-order chi connectivity index (χ0) is 13.2. The average Bonchev–Trinajstić information content (AvgIpc) is 2.76. The molecule has 1 aromatic carbocycles. The Labute approximate surface area is 121 Å². The molecule has 0 spiro atoms. The minimum Gasteiger partial charge on any atom is -0.386 e. The van der Waals surface area contributed by atoms with Gasteiger partial charge in [-0.2, -0.15) is 0 Å². The van der Waals surface area contributed by atoms with Gasteiger partial charge in [0.25, 0.3) is 0 Å². The summed E-state index contributed by atoms with van der Waals surface area (Å²) in [6.07, 6.45) is 0.636. The molecule has 1 aliphatic heterocycles. The van der Waals surface area contributed by atoms with E-state index in [9.17, 15) is 5.11 Å². The molecule has 100 valence electrons. The molecule has 1 fully saturated rings. The van der Waals surface area contributed by atoms with Gasteiger partial charge >= 0.3 is 0 Å². The predicted octanol–water partition coefficient (Wildman–Crippen LogP) is 2.89. The first-order chi connectivity index (χ1) is 8.52. The number of rotatable bonds is 4. The van der Waals surface area contributed by atoms with Crippen LogP contribution in [0.15, 0.2) is 12.1 Å². The normalized spacial score (nSPS) is 23.6. The Morgan fingerprint density at radius 3 is 2.67 bits per heavy atom. The summed E-state index contributed by atoms with van der Waals surface area (Å²) in [7, 11) is 0. The Balaban J connectivity index is 1.96. The lowest BCUT2D eigenvalue weighted by molar-refractivity contribution is 0.0268. The van der Waals surface area contributed by atoms with E-state index in [-0.39, 0.29) is 0 Å². The van der Waals surface area contributed by atoms with Crippen LogP contribution in [-0.2, 0) is 11.3 Å². The van der Waals surface area contributed by atoms with E-state index >= 15 is 0 Å². The number of ether oxygens (including phenoxy) is 1. The summed E-state index contributed by atoms with van der Waals surface area (Å²) in [6, 6.07) is 3.37. The maximum atomic E-state index is 10.1. The molecule has 0 aromatic heterocycles. The van der Waals surface area contributed by atoms with Crippen LogP contribution in [0.1, 0.15) is 12.0 Å². The highest BCUT2D eigenvalue weighted by Crippen LogP contribution is 2.31. The molecule has 18 heavy (non-hydrogen) atoms. The molecular weight excluding hydrogens is 296 g/mol. The highest BCUT2D eigenvalue weighted by molar-refractivity contribution is 6.44. The fourth-order valence-corrected chi connectivity index (χ4v) is 2.57. The third-order valence-corrected chi connectivity index (χ3v) is 4.17. The van der Waals surface area contributed by atoms with E-state index in [0.29, 0.717) is 47.8 Å². The first-order valence-electron chi connectivity index (χ1n) is 5.65. The van der Waals surface area contributed by atoms with Crippen molar-refractivity contribution < 1.29 is 9.84 Å². The van der Waals surface area contributed by atoms with E-state index in [0.717, 1.165) is 5.56 Å². The molecule has 2 rings (SSSR count). The monoisotopic (exact) mass is 309 g/mol. The van der Waals surface area contributed by atoms with Crippen LogP contribution in [0.3, 0.4) is 0 Å². The molecule has 1 unspecified atom stereocenters. The van der Waals surface area contributed by atoms with E-state index in [4.69, 9.17) is 39.5 Å². The van der Waals surface area contributed by atoms with Crippen LogP contribution in [0.25, 0.3) is 0 Å². The van der Waals surface area contributed by atoms with Crippen molar-refractivity contribution in [2.45, 2.75) is 18.6 Å². The van der Waals surface area contributed by atoms with Crippen LogP contribution < -0.4 is 5.32 Å². The number of aliphatic hydroxyl groups is 1. The topological polar surface area (TPSA) is 41.5 Å². The van der Waals surface area contributed by atoms with Crippen LogP contribution in [0.5, 0.6) is 0 Å². The summed E-state index contributed by atoms with van der Waals surface area (Å²) < 4.78 is 5.17. The number of hydrogen-bond donors (Lipinski definition) is 2. The highest BCUT2D eigenvalue weighted by Gasteiger charge is 2.31. The van der Waals surface area contributed by atoms with Crippen LogP contribution >= 0.6 is 34.8 Å². The molecule has 6 heteroatoms. The smallest absolute Gasteiger partial charge is 0.102 e. The summed E-state index contributed by atoms with van der Waals surface area (Å²) in [4.78, 5) is 0. The molecule has 2 N–H and O–H groups in total. The molecule has 0 radical (unpaired) electrons. The summed E-state index contributed by atoms with van der Waals surface area (Å²) in [6.45, 7) is 1.85. The zero-order valence-electron chi connectivity index (χ0n) is 9.68. The van der Waals surface area contributed by atoms with Crippen LogP contribution in [0.4, 0.5) is 0 Å². The van der Waals surface area contributed by atoms with Crippen molar-refractivity contribution in [2.24, 2.45) is 0 Å². The Hall–Kier alpha value is -0.0300. The molecule has 1 saturated heterocycles. The van der Waals surface area contributed by atoms with Crippen molar-refractivity contribution in [1.82, 2.24) is 5.32 Å². The van der Waals surface area contributed by atoms with Gasteiger partial charge in [0, 0.05) is 36.7 Å². The lowest BCUT2D eigenvalue weighted by Gasteiger charge is -2.21. The lowest BCUT2D eigenvalue weighted by Crippen LogP contribution is -2.40. The van der Waals surface area contributed by atoms with Crippen molar-refractivity contribution in [3.05, 3.63) is 32.8 Å². The maximum Gasteiger partial charge on any atom is 0.102 e. The molecule has 0 saturated carbocycles. The van der Waals surface area contributed by atoms with Crippen molar-refractivity contribution in [3.63, 3.8) is 0 Å². The lowest BCUT2D eigenvalue weighted by atomic mass is 10.0. The predicted molar refractivity (Wildman–Crippen MR) is 73.6 cm³/mol. The van der Waals surface area contributed by atoms with E-state index in [1.807, 2.05) is 0 Å². The minimum absolute atomic E-state index is 0.358. The number of nitrogens with one attached hydrogen (secondary N) is 1. The molecule has 1 atom stereocenters. The van der Waals surface area contributed by atoms with Gasteiger partial charge in [-0.3, -0.25) is 0 Å². The molecule has 0 aliphatic carbocycles. The highest BCUT2D eigenvalue weighted by atomic mass is 35.5. The van der Waals surface area contributed by atoms with E-state index in [1.54, 1.807) is 12.1 Å². The Bertz CT molecular complexity index is 434. The summed E-state index contributed by atoms with van der Waals surface area (Å²) in [5, 5.41) is 14.7. The third-order valence-electron chi connectivity index (χ3n) is 2.98. The van der Waals surface area contributed by atoms with Crippen molar-refractivity contribution >= 4 is 34.8 Å². The maximum absolute atomic E-state index is 10.1. The molecule has 0 amide bonds. The number of benzene rings is 1. The zero-order valence-corrected chi connectivity index (χ0v) is 11.9. The Morgan fingerprint density at radius 1 is 1.28 bits per heavy atom. The SMILES string of the molecule is OC1(CNCc2c(Cl)ccc(Cl)c2Cl)CCOC1. The van der Waals surface area contributed by atoms with Gasteiger partial charge in [-0.25, -0.2) is 0 Å². The average molecular weight is 311 g/mol. The second-order valence-electron chi connectivity index (χ2n) is 4.45. The van der Waals surface area contributed by atoms with E-state index < -0.39 is 5.60 Å². The first kappa shape index (κ1) is 14.4. The van der Waals surface area contributed by atoms with Gasteiger partial charge in [0.15, 0.2) is 0 Å². The minimum atomic E-state index is -0.794. The van der Waals surface area contributed by atoms with Crippen molar-refractivity contribution in [1.29, 1.82) is 0 Å². The fraction of sp³-hybridized carbons (Fsp3) is 0.500. The third kappa shape index (κ3) is 3.29. The summed E-state index contributed by atoms with van der Waals surface area (Å²) in [5.74, 6) is 0. The molecule has 1 heterocycles. The molecule has 3 nitrogen and oxygen atoms in total. The fourth-order valence-electron chi connectivity index (χ4n) is 1.89. The van der Waals surface area contributed by atoms with Crippen molar-refractivity contribution in [3.8, 4) is 0 Å². The van der Waals surface area contributed by atoms with Gasteiger partial charge in [0.2, 0.25) is 0 Å². The standard InChI is InChI=1S/C12H14Cl3NO2/c13-9-1-2-10(14)11(15)8(9)5-16-6-12(17)3-4-18-7-12/h1-2,16-17H,3-7H2. The molecule has 1 aliphatic rings. The van der Waals surface area contributed by atoms with Gasteiger partial charge in [-0.05, 0) is 12.1 Å². The Morgan fingerprint density at radius 2 is 2.00 bits per heavy atom. The van der Waals surface area contributed by atoms with Crippen LogP contribution in [0, 0.1) is 0 Å². The second kappa shape index (κ2) is 5.95.